The second kappa shape index (κ2) is 5.86. The highest BCUT2D eigenvalue weighted by atomic mass is 79.9. The molecule has 0 radical (unpaired) electrons. The van der Waals surface area contributed by atoms with Crippen LogP contribution in [0.2, 0.25) is 0 Å². The Morgan fingerprint density at radius 3 is 2.88 bits per heavy atom. The number of quaternary nitrogens is 1. The lowest BCUT2D eigenvalue weighted by molar-refractivity contribution is -0.443. The molecule has 0 aliphatic carbocycles. The minimum Gasteiger partial charge on any atom is -0.544 e. The van der Waals surface area contributed by atoms with E-state index in [-0.39, 0.29) is 0 Å². The number of carboxylic acids is 1. The molecule has 1 rings (SSSR count). The molecule has 0 aliphatic rings. The lowest BCUT2D eigenvalue weighted by Gasteiger charge is -2.15. The first-order valence-corrected chi connectivity index (χ1v) is 5.81. The van der Waals surface area contributed by atoms with E-state index in [1.54, 1.807) is 18.2 Å². The molecule has 16 heavy (non-hydrogen) atoms. The number of rotatable bonds is 5. The Labute approximate surface area is 103 Å². The van der Waals surface area contributed by atoms with Gasteiger partial charge in [-0.1, -0.05) is 22.9 Å². The summed E-state index contributed by atoms with van der Waals surface area (Å²) in [5.41, 5.74) is 4.09. The van der Waals surface area contributed by atoms with Crippen LogP contribution < -0.4 is 15.6 Å². The van der Waals surface area contributed by atoms with E-state index >= 15 is 0 Å². The van der Waals surface area contributed by atoms with Crippen LogP contribution in [-0.2, 0) is 4.79 Å². The van der Waals surface area contributed by atoms with Crippen molar-refractivity contribution in [3.63, 3.8) is 0 Å². The molecule has 0 aliphatic heterocycles. The first-order valence-electron chi connectivity index (χ1n) is 5.02. The molecule has 4 nitrogen and oxygen atoms in total. The van der Waals surface area contributed by atoms with Crippen molar-refractivity contribution >= 4 is 21.9 Å². The van der Waals surface area contributed by atoms with Crippen LogP contribution in [0.15, 0.2) is 22.7 Å². The van der Waals surface area contributed by atoms with Crippen molar-refractivity contribution in [3.8, 4) is 5.75 Å². The highest BCUT2D eigenvalue weighted by molar-refractivity contribution is 9.10. The average Bonchev–Trinajstić information content (AvgIpc) is 2.26. The zero-order valence-corrected chi connectivity index (χ0v) is 10.6. The summed E-state index contributed by atoms with van der Waals surface area (Å²) in [7, 11) is 0. The van der Waals surface area contributed by atoms with Gasteiger partial charge in [0, 0.05) is 4.47 Å². The number of carbonyl (C=O) groups excluding carboxylic acids is 1. The first-order chi connectivity index (χ1) is 7.56. The van der Waals surface area contributed by atoms with E-state index in [0.717, 1.165) is 10.9 Å². The topological polar surface area (TPSA) is 77.0 Å². The Balaban J connectivity index is 3.02. The fraction of sp³-hybridized carbons (Fsp3) is 0.364. The highest BCUT2D eigenvalue weighted by Gasteiger charge is 2.16. The molecular formula is C11H14BrNO3. The molecule has 88 valence electrons. The summed E-state index contributed by atoms with van der Waals surface area (Å²) in [5.74, 6) is -0.659. The summed E-state index contributed by atoms with van der Waals surface area (Å²) in [6, 6.07) is 4.30. The fourth-order valence-corrected chi connectivity index (χ4v) is 1.64. The number of benzene rings is 1. The molecular weight excluding hydrogens is 274 g/mol. The van der Waals surface area contributed by atoms with Gasteiger partial charge in [0.2, 0.25) is 0 Å². The Kier molecular flexibility index (Phi) is 4.76. The maximum Gasteiger partial charge on any atom is 0.154 e. The van der Waals surface area contributed by atoms with E-state index in [0.29, 0.717) is 17.9 Å². The summed E-state index contributed by atoms with van der Waals surface area (Å²) in [6.45, 7) is 2.54. The fourth-order valence-electron chi connectivity index (χ4n) is 1.26. The summed E-state index contributed by atoms with van der Waals surface area (Å²) < 4.78 is 6.25. The molecule has 0 unspecified atom stereocenters. The second-order valence-electron chi connectivity index (χ2n) is 3.40. The van der Waals surface area contributed by atoms with Crippen LogP contribution in [0.5, 0.6) is 5.75 Å². The molecule has 0 fully saturated rings. The minimum absolute atomic E-state index is 0.530. The number of ether oxygens (including phenoxy) is 1. The maximum atomic E-state index is 10.8. The molecule has 0 amide bonds. The Hall–Kier alpha value is -1.07. The molecule has 5 heteroatoms. The number of halogens is 1. The Bertz CT molecular complexity index is 381. The van der Waals surface area contributed by atoms with Crippen molar-refractivity contribution in [1.82, 2.24) is 0 Å². The van der Waals surface area contributed by atoms with Gasteiger partial charge in [0.05, 0.1) is 12.2 Å². The largest absolute Gasteiger partial charge is 0.544 e. The molecule has 0 saturated carbocycles. The molecule has 1 atom stereocenters. The molecule has 1 aromatic carbocycles. The lowest BCUT2D eigenvalue weighted by Crippen LogP contribution is -2.61. The molecule has 0 aromatic heterocycles. The van der Waals surface area contributed by atoms with Crippen LogP contribution in [0, 0.1) is 0 Å². The minimum atomic E-state index is -1.21. The summed E-state index contributed by atoms with van der Waals surface area (Å²) in [5, 5.41) is 10.8. The summed E-state index contributed by atoms with van der Waals surface area (Å²) >= 11 is 3.29. The zero-order chi connectivity index (χ0) is 12.1. The SMILES string of the molecule is CCCOc1ccc(Br)cc1[C@@H]([NH3+])C(=O)[O-]. The van der Waals surface area contributed by atoms with Crippen molar-refractivity contribution < 1.29 is 20.4 Å². The normalized spacial score (nSPS) is 12.2. The molecule has 0 saturated heterocycles. The smallest absolute Gasteiger partial charge is 0.154 e. The van der Waals surface area contributed by atoms with Gasteiger partial charge in [-0.25, -0.2) is 0 Å². The standard InChI is InChI=1S/C11H14BrNO3/c1-2-5-16-9-4-3-7(12)6-8(9)10(13)11(14)15/h3-4,6,10H,2,5,13H2,1H3,(H,14,15)/t10-/m1/s1. The molecule has 0 bridgehead atoms. The van der Waals surface area contributed by atoms with E-state index in [1.165, 1.54) is 0 Å². The van der Waals surface area contributed by atoms with Gasteiger partial charge in [-0.3, -0.25) is 0 Å². The third-order valence-corrected chi connectivity index (χ3v) is 2.59. The van der Waals surface area contributed by atoms with E-state index < -0.39 is 12.0 Å². The van der Waals surface area contributed by atoms with Crippen LogP contribution in [0.1, 0.15) is 24.9 Å². The molecule has 3 N–H and O–H groups in total. The monoisotopic (exact) mass is 287 g/mol. The zero-order valence-electron chi connectivity index (χ0n) is 9.03. The quantitative estimate of drug-likeness (QED) is 0.845. The highest BCUT2D eigenvalue weighted by Crippen LogP contribution is 2.26. The van der Waals surface area contributed by atoms with Gasteiger partial charge < -0.3 is 20.4 Å². The number of hydrogen-bond acceptors (Lipinski definition) is 3. The lowest BCUT2D eigenvalue weighted by atomic mass is 10.1. The predicted octanol–water partition coefficient (Wildman–Crippen LogP) is 0.271. The van der Waals surface area contributed by atoms with Crippen molar-refractivity contribution in [2.45, 2.75) is 19.4 Å². The number of aliphatic carboxylic acids is 1. The van der Waals surface area contributed by atoms with Crippen molar-refractivity contribution in [1.29, 1.82) is 0 Å². The number of carboxylic acid groups (broad SMARTS) is 1. The average molecular weight is 288 g/mol. The Morgan fingerprint density at radius 2 is 2.31 bits per heavy atom. The second-order valence-corrected chi connectivity index (χ2v) is 4.32. The van der Waals surface area contributed by atoms with Gasteiger partial charge in [0.1, 0.15) is 11.7 Å². The Morgan fingerprint density at radius 1 is 1.62 bits per heavy atom. The van der Waals surface area contributed by atoms with Gasteiger partial charge in [0.25, 0.3) is 0 Å². The number of hydrogen-bond donors (Lipinski definition) is 1. The van der Waals surface area contributed by atoms with Crippen molar-refractivity contribution in [2.75, 3.05) is 6.61 Å². The van der Waals surface area contributed by atoms with E-state index in [4.69, 9.17) is 4.74 Å². The van der Waals surface area contributed by atoms with E-state index in [2.05, 4.69) is 21.7 Å². The van der Waals surface area contributed by atoms with Gasteiger partial charge in [-0.15, -0.1) is 0 Å². The molecule has 1 aromatic rings. The molecule has 0 heterocycles. The van der Waals surface area contributed by atoms with Crippen molar-refractivity contribution in [3.05, 3.63) is 28.2 Å². The van der Waals surface area contributed by atoms with E-state index in [9.17, 15) is 9.90 Å². The third kappa shape index (κ3) is 3.21. The van der Waals surface area contributed by atoms with Crippen molar-refractivity contribution in [2.24, 2.45) is 0 Å². The van der Waals surface area contributed by atoms with Gasteiger partial charge in [0.15, 0.2) is 6.04 Å². The van der Waals surface area contributed by atoms with Crippen LogP contribution >= 0.6 is 15.9 Å². The summed E-state index contributed by atoms with van der Waals surface area (Å²) in [4.78, 5) is 10.8. The number of carbonyl (C=O) groups is 1. The first kappa shape index (κ1) is 13.0. The van der Waals surface area contributed by atoms with Crippen LogP contribution in [-0.4, -0.2) is 12.6 Å². The summed E-state index contributed by atoms with van der Waals surface area (Å²) in [6.07, 6.45) is 0.864. The van der Waals surface area contributed by atoms with Crippen LogP contribution in [0.4, 0.5) is 0 Å². The maximum absolute atomic E-state index is 10.8. The van der Waals surface area contributed by atoms with Crippen LogP contribution in [0.25, 0.3) is 0 Å². The molecule has 0 spiro atoms. The van der Waals surface area contributed by atoms with Gasteiger partial charge in [-0.2, -0.15) is 0 Å². The van der Waals surface area contributed by atoms with Gasteiger partial charge >= 0.3 is 0 Å². The third-order valence-electron chi connectivity index (χ3n) is 2.09. The van der Waals surface area contributed by atoms with Gasteiger partial charge in [-0.05, 0) is 24.6 Å². The predicted molar refractivity (Wildman–Crippen MR) is 60.6 cm³/mol. The van der Waals surface area contributed by atoms with E-state index in [1.807, 2.05) is 6.92 Å². The van der Waals surface area contributed by atoms with Crippen LogP contribution in [0.3, 0.4) is 0 Å².